The molecular formula is C90H143F3N12O5. The van der Waals surface area contributed by atoms with Gasteiger partial charge >= 0.3 is 12.1 Å². The van der Waals surface area contributed by atoms with Gasteiger partial charge in [0, 0.05) is 89.9 Å². The van der Waals surface area contributed by atoms with Gasteiger partial charge in [-0.1, -0.05) is 148 Å². The Hall–Kier alpha value is -6.82. The molecule has 0 spiro atoms. The first kappa shape index (κ1) is 95.6. The number of carbonyl (C=O) groups is 2. The number of nitrogens with zero attached hydrogens (tertiary/aromatic N) is 11. The molecule has 0 bridgehead atoms. The maximum Gasteiger partial charge on any atom is 0.416 e. The number of carboxylic acids is 1. The number of nitrogens with one attached hydrogen (secondary N) is 1. The quantitative estimate of drug-likeness (QED) is 0.0379. The van der Waals surface area contributed by atoms with E-state index < -0.39 is 23.6 Å². The third-order valence-electron chi connectivity index (χ3n) is 19.9. The van der Waals surface area contributed by atoms with Crippen LogP contribution in [0.4, 0.5) is 13.2 Å². The van der Waals surface area contributed by atoms with E-state index in [4.69, 9.17) is 9.47 Å². The van der Waals surface area contributed by atoms with Crippen molar-refractivity contribution in [2.24, 2.45) is 11.8 Å². The molecule has 20 heteroatoms. The van der Waals surface area contributed by atoms with Crippen molar-refractivity contribution in [2.75, 3.05) is 177 Å². The zero-order valence-corrected chi connectivity index (χ0v) is 70.6. The lowest BCUT2D eigenvalue weighted by atomic mass is 9.78. The summed E-state index contributed by atoms with van der Waals surface area (Å²) in [6.07, 6.45) is 16.0. The van der Waals surface area contributed by atoms with Crippen molar-refractivity contribution in [3.63, 3.8) is 0 Å². The van der Waals surface area contributed by atoms with Crippen molar-refractivity contribution in [1.82, 2.24) is 59.3 Å². The second kappa shape index (κ2) is 54.8. The number of hydrogen-bond donors (Lipinski definition) is 2. The van der Waals surface area contributed by atoms with E-state index in [9.17, 15) is 27.9 Å². The lowest BCUT2D eigenvalue weighted by Crippen LogP contribution is -2.44. The molecule has 2 atom stereocenters. The fourth-order valence-corrected chi connectivity index (χ4v) is 13.7. The second-order valence-corrected chi connectivity index (χ2v) is 31.8. The summed E-state index contributed by atoms with van der Waals surface area (Å²) < 4.78 is 48.8. The van der Waals surface area contributed by atoms with Gasteiger partial charge in [-0.15, -0.1) is 0 Å². The highest BCUT2D eigenvalue weighted by Gasteiger charge is 2.36. The van der Waals surface area contributed by atoms with Crippen LogP contribution in [0, 0.1) is 25.7 Å². The zero-order valence-electron chi connectivity index (χ0n) is 70.6. The van der Waals surface area contributed by atoms with Gasteiger partial charge in [0.15, 0.2) is 0 Å². The largest absolute Gasteiger partial charge is 0.497 e. The number of amides is 1. The minimum absolute atomic E-state index is 0.0114. The predicted octanol–water partition coefficient (Wildman–Crippen LogP) is 15.4. The summed E-state index contributed by atoms with van der Waals surface area (Å²) in [5.74, 6) is 0.0578. The molecule has 614 valence electrons. The van der Waals surface area contributed by atoms with Gasteiger partial charge in [-0.25, -0.2) is 0 Å². The predicted molar refractivity (Wildman–Crippen MR) is 450 cm³/mol. The van der Waals surface area contributed by atoms with Crippen LogP contribution in [0.15, 0.2) is 146 Å². The van der Waals surface area contributed by atoms with Crippen LogP contribution < -0.4 is 14.8 Å². The molecule has 5 aromatic carbocycles. The van der Waals surface area contributed by atoms with Crippen molar-refractivity contribution in [1.29, 1.82) is 0 Å². The van der Waals surface area contributed by atoms with Gasteiger partial charge < -0.3 is 49.3 Å². The molecule has 2 aliphatic carbocycles. The number of methoxy groups -OCH3 is 2. The molecule has 1 amide bonds. The third kappa shape index (κ3) is 43.3. The first-order chi connectivity index (χ1) is 52.6. The molecule has 2 aliphatic rings. The number of aryl methyl sites for hydroxylation is 2. The summed E-state index contributed by atoms with van der Waals surface area (Å²) in [4.78, 5) is 51.1. The Morgan fingerprint density at radius 1 is 0.427 bits per heavy atom. The van der Waals surface area contributed by atoms with Crippen LogP contribution >= 0.6 is 0 Å². The minimum atomic E-state index is -4.28. The number of carbonyl (C=O) groups excluding carboxylic acids is 1. The molecule has 0 radical (unpaired) electrons. The molecule has 8 rings (SSSR count). The van der Waals surface area contributed by atoms with Crippen LogP contribution in [0.5, 0.6) is 11.5 Å². The Labute approximate surface area is 663 Å². The number of benzene rings is 5. The van der Waals surface area contributed by atoms with E-state index in [-0.39, 0.29) is 17.9 Å². The van der Waals surface area contributed by atoms with Crippen molar-refractivity contribution >= 4 is 11.9 Å². The van der Waals surface area contributed by atoms with Gasteiger partial charge in [-0.3, -0.25) is 34.2 Å². The number of pyridine rings is 1. The smallest absolute Gasteiger partial charge is 0.416 e. The summed E-state index contributed by atoms with van der Waals surface area (Å²) in [5.41, 5.74) is 9.57. The number of ether oxygens (including phenoxy) is 2. The maximum atomic E-state index is 12.7. The molecule has 2 unspecified atom stereocenters. The molecular weight excluding hydrogens is 1390 g/mol. The van der Waals surface area contributed by atoms with E-state index >= 15 is 0 Å². The van der Waals surface area contributed by atoms with Gasteiger partial charge in [0.2, 0.25) is 5.91 Å². The monoisotopic (exact) mass is 1530 g/mol. The molecule has 6 aromatic rings. The van der Waals surface area contributed by atoms with Crippen LogP contribution in [0.2, 0.25) is 0 Å². The van der Waals surface area contributed by atoms with Crippen molar-refractivity contribution in [2.45, 2.75) is 162 Å². The van der Waals surface area contributed by atoms with Crippen molar-refractivity contribution in [3.8, 4) is 11.5 Å². The number of carboxylic acid groups (broad SMARTS) is 1. The van der Waals surface area contributed by atoms with Crippen LogP contribution in [0.1, 0.15) is 146 Å². The Balaban J connectivity index is 0.000000291. The number of aliphatic carboxylic acids is 1. The number of rotatable bonds is 39. The van der Waals surface area contributed by atoms with Crippen LogP contribution in [-0.2, 0) is 55.0 Å². The fraction of sp³-hybridized carbons (Fsp3) is 0.589. The summed E-state index contributed by atoms with van der Waals surface area (Å²) in [5, 5.41) is 12.4. The Morgan fingerprint density at radius 2 is 0.827 bits per heavy atom. The number of aromatic nitrogens is 1. The van der Waals surface area contributed by atoms with E-state index in [1.807, 2.05) is 56.8 Å². The SMILES string of the molecule is CN(C)CCCN(CCCN(C)C)Cc1cccnc1.CN(C)CCN(Cc1ccccc1)Cc1ccc(C(F)(F)F)cc1.COc1cc(CN(CCN(C)C)Cc2ccccc2)cc(OC)c1.Cc1ccc(C)c(CN(CCCN(C)C)CCCN(C)C)c1.O=C(O)C1CCCCC1C(=O)NC1CCCCCCC1. The molecule has 2 N–H and O–H groups in total. The normalized spacial score (nSPS) is 14.9. The van der Waals surface area contributed by atoms with E-state index in [1.54, 1.807) is 26.4 Å². The highest BCUT2D eigenvalue weighted by atomic mass is 19.4. The van der Waals surface area contributed by atoms with Crippen LogP contribution in [0.25, 0.3) is 0 Å². The highest BCUT2D eigenvalue weighted by Crippen LogP contribution is 2.32. The highest BCUT2D eigenvalue weighted by molar-refractivity contribution is 5.85. The Morgan fingerprint density at radius 3 is 1.25 bits per heavy atom. The summed E-state index contributed by atoms with van der Waals surface area (Å²) in [6, 6.07) is 43.5. The lowest BCUT2D eigenvalue weighted by molar-refractivity contribution is -0.149. The van der Waals surface area contributed by atoms with Gasteiger partial charge in [0.1, 0.15) is 11.5 Å². The molecule has 2 saturated carbocycles. The number of halogens is 3. The van der Waals surface area contributed by atoms with E-state index in [2.05, 4.69) is 222 Å². The first-order valence-corrected chi connectivity index (χ1v) is 40.3. The summed E-state index contributed by atoms with van der Waals surface area (Å²) >= 11 is 0. The van der Waals surface area contributed by atoms with E-state index in [0.29, 0.717) is 13.0 Å². The molecule has 0 saturated heterocycles. The van der Waals surface area contributed by atoms with E-state index in [1.165, 1.54) is 110 Å². The molecule has 1 aromatic heterocycles. The minimum Gasteiger partial charge on any atom is -0.497 e. The van der Waals surface area contributed by atoms with Crippen molar-refractivity contribution < 1.29 is 37.3 Å². The number of likely N-dealkylation sites (N-methyl/N-ethyl adjacent to an activating group) is 2. The number of hydrogen-bond acceptors (Lipinski definition) is 15. The lowest BCUT2D eigenvalue weighted by Gasteiger charge is -2.30. The van der Waals surface area contributed by atoms with Gasteiger partial charge in [0.05, 0.1) is 31.6 Å². The standard InChI is InChI=1S/C20H28N2O2.C19H23F3N2.C19H35N3.C16H30N4.C16H27NO3/c1-21(2)10-11-22(15-17-8-6-5-7-9-17)16-18-12-19(23-3)14-20(13-18)24-4;1-23(2)12-13-24(14-16-6-4-3-5-7-16)15-17-8-10-18(11-9-17)19(20,21)22;1-17-9-10-18(2)19(15-17)16-22(13-7-11-20(3)4)14-8-12-21(5)6;1-18(2)10-6-12-20(13-7-11-19(3)4)15-16-8-5-9-17-14-16;18-15(13-10-6-7-11-14(13)16(19)20)17-12-8-4-2-1-3-5-9-12/h5-9,12-14H,10-11,15-16H2,1-4H3;3-11H,12-15H2,1-2H3;9-10,15H,7-8,11-14,16H2,1-6H3;5,8-9,14H,6-7,10-13,15H2,1-4H3;12-14H,1-11H2,(H,17,18)(H,19,20). The molecule has 1 heterocycles. The zero-order chi connectivity index (χ0) is 80.6. The van der Waals surface area contributed by atoms with Crippen molar-refractivity contribution in [3.05, 3.63) is 196 Å². The topological polar surface area (TPSA) is 130 Å². The summed E-state index contributed by atoms with van der Waals surface area (Å²) in [6.45, 7) is 22.7. The molecule has 0 aliphatic heterocycles. The number of alkyl halides is 3. The average Bonchev–Trinajstić information content (AvgIpc) is 0.862. The third-order valence-corrected chi connectivity index (χ3v) is 19.9. The van der Waals surface area contributed by atoms with Gasteiger partial charge in [-0.2, -0.15) is 13.2 Å². The molecule has 2 fully saturated rings. The van der Waals surface area contributed by atoms with Gasteiger partial charge in [0.25, 0.3) is 0 Å². The maximum absolute atomic E-state index is 12.7. The Bertz CT molecular complexity index is 3290. The van der Waals surface area contributed by atoms with Gasteiger partial charge in [-0.05, 0) is 271 Å². The molecule has 17 nitrogen and oxygen atoms in total. The molecule has 110 heavy (non-hydrogen) atoms. The second-order valence-electron chi connectivity index (χ2n) is 31.8. The van der Waals surface area contributed by atoms with E-state index in [0.717, 1.165) is 159 Å². The fourth-order valence-electron chi connectivity index (χ4n) is 13.7. The first-order valence-electron chi connectivity index (χ1n) is 40.3. The van der Waals surface area contributed by atoms with Crippen LogP contribution in [0.3, 0.4) is 0 Å². The summed E-state index contributed by atoms with van der Waals surface area (Å²) in [7, 11) is 28.8. The Kier molecular flexibility index (Phi) is 47.6. The average molecular weight is 1530 g/mol. The van der Waals surface area contributed by atoms with Crippen LogP contribution in [-0.4, -0.2) is 254 Å².